The van der Waals surface area contributed by atoms with Crippen molar-refractivity contribution < 1.29 is 14.2 Å². The summed E-state index contributed by atoms with van der Waals surface area (Å²) in [5.74, 6) is -0.459. The van der Waals surface area contributed by atoms with Crippen LogP contribution in [0.5, 0.6) is 0 Å². The van der Waals surface area contributed by atoms with Crippen molar-refractivity contribution in [3.63, 3.8) is 0 Å². The largest absolute Gasteiger partial charge is 0.383 e. The van der Waals surface area contributed by atoms with Crippen molar-refractivity contribution in [1.29, 1.82) is 0 Å². The molecule has 14 heavy (non-hydrogen) atoms. The van der Waals surface area contributed by atoms with Crippen LogP contribution in [0.1, 0.15) is 19.4 Å². The third-order valence-corrected chi connectivity index (χ3v) is 1.91. The Kier molecular flexibility index (Phi) is 3.55. The van der Waals surface area contributed by atoms with Gasteiger partial charge in [0.15, 0.2) is 0 Å². The van der Waals surface area contributed by atoms with E-state index in [2.05, 4.69) is 4.98 Å². The van der Waals surface area contributed by atoms with Gasteiger partial charge in [-0.05, 0) is 19.9 Å². The quantitative estimate of drug-likeness (QED) is 0.798. The standard InChI is InChI=1S/C10H14FNO2/c1-3-14-7-10(2,13)8-4-9(11)6-12-5-8/h4-6,13H,3,7H2,1-2H3. The number of rotatable bonds is 4. The molecule has 0 aliphatic rings. The fourth-order valence-electron chi connectivity index (χ4n) is 1.09. The molecule has 0 radical (unpaired) electrons. The second kappa shape index (κ2) is 4.48. The summed E-state index contributed by atoms with van der Waals surface area (Å²) in [6.07, 6.45) is 2.53. The first-order chi connectivity index (χ1) is 6.56. The predicted molar refractivity (Wildman–Crippen MR) is 50.3 cm³/mol. The van der Waals surface area contributed by atoms with Crippen molar-refractivity contribution in [3.05, 3.63) is 29.8 Å². The molecule has 0 bridgehead atoms. The van der Waals surface area contributed by atoms with E-state index in [4.69, 9.17) is 4.74 Å². The third kappa shape index (κ3) is 2.75. The Morgan fingerprint density at radius 3 is 2.86 bits per heavy atom. The number of hydrogen-bond acceptors (Lipinski definition) is 3. The van der Waals surface area contributed by atoms with Crippen LogP contribution in [0.25, 0.3) is 0 Å². The predicted octanol–water partition coefficient (Wildman–Crippen LogP) is 1.46. The smallest absolute Gasteiger partial charge is 0.141 e. The molecule has 0 amide bonds. The Balaban J connectivity index is 2.80. The molecule has 1 N–H and O–H groups in total. The fourth-order valence-corrected chi connectivity index (χ4v) is 1.09. The van der Waals surface area contributed by atoms with Gasteiger partial charge in [0, 0.05) is 18.4 Å². The molecule has 1 aromatic heterocycles. The molecule has 0 aliphatic carbocycles. The lowest BCUT2D eigenvalue weighted by atomic mass is 9.99. The van der Waals surface area contributed by atoms with Gasteiger partial charge in [-0.1, -0.05) is 0 Å². The van der Waals surface area contributed by atoms with Crippen molar-refractivity contribution >= 4 is 0 Å². The zero-order chi connectivity index (χ0) is 10.6. The lowest BCUT2D eigenvalue weighted by molar-refractivity contribution is -0.0347. The van der Waals surface area contributed by atoms with Crippen LogP contribution in [0.3, 0.4) is 0 Å². The van der Waals surface area contributed by atoms with Crippen molar-refractivity contribution in [2.24, 2.45) is 0 Å². The molecule has 1 rings (SSSR count). The van der Waals surface area contributed by atoms with Gasteiger partial charge < -0.3 is 9.84 Å². The Morgan fingerprint density at radius 2 is 2.29 bits per heavy atom. The van der Waals surface area contributed by atoms with E-state index in [1.54, 1.807) is 6.92 Å². The number of nitrogens with zero attached hydrogens (tertiary/aromatic N) is 1. The van der Waals surface area contributed by atoms with Crippen LogP contribution < -0.4 is 0 Å². The first-order valence-electron chi connectivity index (χ1n) is 4.47. The summed E-state index contributed by atoms with van der Waals surface area (Å²) in [4.78, 5) is 3.67. The highest BCUT2D eigenvalue weighted by Crippen LogP contribution is 2.20. The number of aliphatic hydroxyl groups is 1. The zero-order valence-electron chi connectivity index (χ0n) is 8.33. The van der Waals surface area contributed by atoms with Crippen molar-refractivity contribution in [2.45, 2.75) is 19.4 Å². The topological polar surface area (TPSA) is 42.4 Å². The lowest BCUT2D eigenvalue weighted by Crippen LogP contribution is -2.28. The first-order valence-corrected chi connectivity index (χ1v) is 4.47. The molecule has 1 aromatic rings. The first kappa shape index (κ1) is 11.1. The Hall–Kier alpha value is -1.00. The van der Waals surface area contributed by atoms with Gasteiger partial charge in [0.05, 0.1) is 12.8 Å². The number of aromatic nitrogens is 1. The van der Waals surface area contributed by atoms with Gasteiger partial charge in [-0.25, -0.2) is 4.39 Å². The summed E-state index contributed by atoms with van der Waals surface area (Å²) < 4.78 is 17.9. The van der Waals surface area contributed by atoms with E-state index in [1.807, 2.05) is 6.92 Å². The van der Waals surface area contributed by atoms with E-state index < -0.39 is 11.4 Å². The van der Waals surface area contributed by atoms with Crippen LogP contribution in [0.2, 0.25) is 0 Å². The normalized spacial score (nSPS) is 15.1. The Labute approximate surface area is 82.5 Å². The summed E-state index contributed by atoms with van der Waals surface area (Å²) in [6, 6.07) is 1.26. The molecule has 1 unspecified atom stereocenters. The van der Waals surface area contributed by atoms with Gasteiger partial charge in [-0.15, -0.1) is 0 Å². The van der Waals surface area contributed by atoms with Gasteiger partial charge in [0.1, 0.15) is 11.4 Å². The van der Waals surface area contributed by atoms with Crippen molar-refractivity contribution in [2.75, 3.05) is 13.2 Å². The minimum atomic E-state index is -1.19. The summed E-state index contributed by atoms with van der Waals surface area (Å²) in [5.41, 5.74) is -0.767. The summed E-state index contributed by atoms with van der Waals surface area (Å²) in [7, 11) is 0. The van der Waals surface area contributed by atoms with Crippen LogP contribution in [-0.4, -0.2) is 23.3 Å². The highest BCUT2D eigenvalue weighted by Gasteiger charge is 2.23. The van der Waals surface area contributed by atoms with Crippen LogP contribution >= 0.6 is 0 Å². The summed E-state index contributed by atoms with van der Waals surface area (Å²) in [5, 5.41) is 9.91. The molecular weight excluding hydrogens is 185 g/mol. The molecule has 0 spiro atoms. The summed E-state index contributed by atoms with van der Waals surface area (Å²) in [6.45, 7) is 4.05. The molecule has 4 heteroatoms. The Morgan fingerprint density at radius 1 is 1.57 bits per heavy atom. The van der Waals surface area contributed by atoms with Gasteiger partial charge in [0.25, 0.3) is 0 Å². The fraction of sp³-hybridized carbons (Fsp3) is 0.500. The maximum atomic E-state index is 12.8. The zero-order valence-corrected chi connectivity index (χ0v) is 8.33. The summed E-state index contributed by atoms with van der Waals surface area (Å²) >= 11 is 0. The molecular formula is C10H14FNO2. The molecule has 0 saturated carbocycles. The average molecular weight is 199 g/mol. The number of pyridine rings is 1. The molecule has 78 valence electrons. The van der Waals surface area contributed by atoms with E-state index in [0.29, 0.717) is 12.2 Å². The highest BCUT2D eigenvalue weighted by molar-refractivity contribution is 5.17. The van der Waals surface area contributed by atoms with Crippen LogP contribution in [0, 0.1) is 5.82 Å². The number of ether oxygens (including phenoxy) is 1. The van der Waals surface area contributed by atoms with Gasteiger partial charge in [0.2, 0.25) is 0 Å². The van der Waals surface area contributed by atoms with Gasteiger partial charge in [-0.2, -0.15) is 0 Å². The second-order valence-corrected chi connectivity index (χ2v) is 3.30. The van der Waals surface area contributed by atoms with E-state index in [9.17, 15) is 9.50 Å². The molecule has 1 atom stereocenters. The number of hydrogen-bond donors (Lipinski definition) is 1. The minimum absolute atomic E-state index is 0.134. The third-order valence-electron chi connectivity index (χ3n) is 1.91. The monoisotopic (exact) mass is 199 g/mol. The maximum Gasteiger partial charge on any atom is 0.141 e. The maximum absolute atomic E-state index is 12.8. The average Bonchev–Trinajstić information content (AvgIpc) is 2.15. The molecule has 0 fully saturated rings. The molecule has 0 aromatic carbocycles. The van der Waals surface area contributed by atoms with E-state index in [-0.39, 0.29) is 6.61 Å². The van der Waals surface area contributed by atoms with Crippen LogP contribution in [0.4, 0.5) is 4.39 Å². The van der Waals surface area contributed by atoms with Crippen molar-refractivity contribution in [3.8, 4) is 0 Å². The van der Waals surface area contributed by atoms with E-state index in [0.717, 1.165) is 6.20 Å². The minimum Gasteiger partial charge on any atom is -0.383 e. The molecule has 3 nitrogen and oxygen atoms in total. The van der Waals surface area contributed by atoms with Crippen LogP contribution in [-0.2, 0) is 10.3 Å². The molecule has 0 saturated heterocycles. The van der Waals surface area contributed by atoms with Crippen LogP contribution in [0.15, 0.2) is 18.5 Å². The van der Waals surface area contributed by atoms with E-state index in [1.165, 1.54) is 12.3 Å². The molecule has 0 aliphatic heterocycles. The van der Waals surface area contributed by atoms with Gasteiger partial charge in [-0.3, -0.25) is 4.98 Å². The SMILES string of the molecule is CCOCC(C)(O)c1cncc(F)c1. The second-order valence-electron chi connectivity index (χ2n) is 3.30. The van der Waals surface area contributed by atoms with Crippen molar-refractivity contribution in [1.82, 2.24) is 4.98 Å². The highest BCUT2D eigenvalue weighted by atomic mass is 19.1. The van der Waals surface area contributed by atoms with E-state index >= 15 is 0 Å². The lowest BCUT2D eigenvalue weighted by Gasteiger charge is -2.22. The number of halogens is 1. The van der Waals surface area contributed by atoms with Gasteiger partial charge >= 0.3 is 0 Å². The molecule has 1 heterocycles. The Bertz CT molecular complexity index is 302.